The standard InChI is InChI=1S/C26H27NO8/c1-6-27-23(28)17-7-9-19(32-11-13-34-25(30)15(2)3)22-20(10-8-18(21(17)22)24(27)29)33-12-14-35-26(31)16(4)5/h7-10H,2,4,6,11-14H2,1,3,5H3. The van der Waals surface area contributed by atoms with Gasteiger partial charge in [0, 0.05) is 34.2 Å². The van der Waals surface area contributed by atoms with Crippen LogP contribution in [0.25, 0.3) is 10.8 Å². The lowest BCUT2D eigenvalue weighted by Crippen LogP contribution is -2.40. The van der Waals surface area contributed by atoms with Gasteiger partial charge < -0.3 is 18.9 Å². The molecular formula is C26H27NO8. The van der Waals surface area contributed by atoms with Gasteiger partial charge in [0.15, 0.2) is 0 Å². The number of esters is 2. The van der Waals surface area contributed by atoms with Crippen molar-refractivity contribution in [1.29, 1.82) is 0 Å². The van der Waals surface area contributed by atoms with Crippen molar-refractivity contribution in [3.05, 3.63) is 59.7 Å². The van der Waals surface area contributed by atoms with Crippen LogP contribution in [-0.4, -0.2) is 61.6 Å². The molecule has 0 radical (unpaired) electrons. The maximum atomic E-state index is 13.0. The van der Waals surface area contributed by atoms with Gasteiger partial charge >= 0.3 is 11.9 Å². The van der Waals surface area contributed by atoms with E-state index in [4.69, 9.17) is 18.9 Å². The lowest BCUT2D eigenvalue weighted by molar-refractivity contribution is -0.140. The fourth-order valence-corrected chi connectivity index (χ4v) is 3.52. The summed E-state index contributed by atoms with van der Waals surface area (Å²) < 4.78 is 21.8. The molecule has 0 fully saturated rings. The predicted octanol–water partition coefficient (Wildman–Crippen LogP) is 3.45. The highest BCUT2D eigenvalue weighted by Gasteiger charge is 2.33. The summed E-state index contributed by atoms with van der Waals surface area (Å²) in [6.07, 6.45) is 0. The minimum absolute atomic E-state index is 0.0241. The van der Waals surface area contributed by atoms with Gasteiger partial charge in [0.1, 0.15) is 37.9 Å². The molecule has 0 saturated heterocycles. The van der Waals surface area contributed by atoms with E-state index in [1.807, 2.05) is 0 Å². The van der Waals surface area contributed by atoms with E-state index in [1.165, 1.54) is 4.90 Å². The van der Waals surface area contributed by atoms with Gasteiger partial charge in [0.2, 0.25) is 0 Å². The molecule has 0 aromatic heterocycles. The number of nitrogens with zero attached hydrogens (tertiary/aromatic N) is 1. The second-order valence-corrected chi connectivity index (χ2v) is 7.86. The molecule has 0 unspecified atom stereocenters. The zero-order valence-electron chi connectivity index (χ0n) is 20.0. The number of carbonyl (C=O) groups is 4. The number of rotatable bonds is 11. The summed E-state index contributed by atoms with van der Waals surface area (Å²) in [6.45, 7) is 12.1. The third-order valence-electron chi connectivity index (χ3n) is 5.20. The smallest absolute Gasteiger partial charge is 0.333 e. The van der Waals surface area contributed by atoms with Crippen molar-refractivity contribution in [2.75, 3.05) is 33.0 Å². The molecule has 0 spiro atoms. The van der Waals surface area contributed by atoms with E-state index in [2.05, 4.69) is 13.2 Å². The van der Waals surface area contributed by atoms with Crippen molar-refractivity contribution in [2.45, 2.75) is 20.8 Å². The van der Waals surface area contributed by atoms with Crippen LogP contribution in [0.4, 0.5) is 0 Å². The van der Waals surface area contributed by atoms with Crippen LogP contribution in [0, 0.1) is 0 Å². The van der Waals surface area contributed by atoms with Crippen molar-refractivity contribution in [3.8, 4) is 11.5 Å². The molecule has 2 aromatic carbocycles. The van der Waals surface area contributed by atoms with Crippen LogP contribution in [0.3, 0.4) is 0 Å². The maximum absolute atomic E-state index is 13.0. The summed E-state index contributed by atoms with van der Waals surface area (Å²) in [4.78, 5) is 50.3. The first-order valence-electron chi connectivity index (χ1n) is 11.0. The zero-order valence-corrected chi connectivity index (χ0v) is 20.0. The van der Waals surface area contributed by atoms with E-state index in [0.717, 1.165) is 0 Å². The lowest BCUT2D eigenvalue weighted by atomic mass is 9.93. The summed E-state index contributed by atoms with van der Waals surface area (Å²) in [5, 5.41) is 0.840. The molecule has 1 aliphatic heterocycles. The first kappa shape index (κ1) is 25.5. The first-order valence-corrected chi connectivity index (χ1v) is 11.0. The number of imide groups is 1. The molecule has 2 amide bonds. The third-order valence-corrected chi connectivity index (χ3v) is 5.20. The summed E-state index contributed by atoms with van der Waals surface area (Å²) in [6, 6.07) is 6.41. The van der Waals surface area contributed by atoms with Gasteiger partial charge in [-0.25, -0.2) is 9.59 Å². The summed E-state index contributed by atoms with van der Waals surface area (Å²) in [5.74, 6) is -1.20. The Morgan fingerprint density at radius 2 is 1.17 bits per heavy atom. The number of carbonyl (C=O) groups excluding carboxylic acids is 4. The average molecular weight is 482 g/mol. The van der Waals surface area contributed by atoms with Gasteiger partial charge in [-0.2, -0.15) is 0 Å². The molecule has 1 heterocycles. The topological polar surface area (TPSA) is 108 Å². The number of amides is 2. The van der Waals surface area contributed by atoms with Crippen LogP contribution >= 0.6 is 0 Å². The van der Waals surface area contributed by atoms with Gasteiger partial charge in [-0.1, -0.05) is 13.2 Å². The van der Waals surface area contributed by atoms with Crippen molar-refractivity contribution in [2.24, 2.45) is 0 Å². The zero-order chi connectivity index (χ0) is 25.7. The van der Waals surface area contributed by atoms with Crippen LogP contribution in [0.2, 0.25) is 0 Å². The number of benzene rings is 2. The number of hydrogen-bond acceptors (Lipinski definition) is 8. The van der Waals surface area contributed by atoms with E-state index < -0.39 is 23.8 Å². The van der Waals surface area contributed by atoms with Crippen molar-refractivity contribution in [3.63, 3.8) is 0 Å². The third kappa shape index (κ3) is 5.34. The van der Waals surface area contributed by atoms with Crippen LogP contribution in [0.1, 0.15) is 41.5 Å². The Morgan fingerprint density at radius 1 is 0.743 bits per heavy atom. The van der Waals surface area contributed by atoms with E-state index in [0.29, 0.717) is 33.4 Å². The van der Waals surface area contributed by atoms with E-state index >= 15 is 0 Å². The molecule has 184 valence electrons. The Hall–Kier alpha value is -4.14. The van der Waals surface area contributed by atoms with Crippen molar-refractivity contribution >= 4 is 34.5 Å². The van der Waals surface area contributed by atoms with Crippen LogP contribution < -0.4 is 9.47 Å². The summed E-state index contributed by atoms with van der Waals surface area (Å²) in [7, 11) is 0. The Bertz CT molecular complexity index is 1140. The molecular weight excluding hydrogens is 454 g/mol. The van der Waals surface area contributed by atoms with Crippen molar-refractivity contribution < 1.29 is 38.1 Å². The largest absolute Gasteiger partial charge is 0.489 e. The van der Waals surface area contributed by atoms with E-state index in [9.17, 15) is 19.2 Å². The normalized spacial score (nSPS) is 12.4. The average Bonchev–Trinajstić information content (AvgIpc) is 2.83. The Labute approximate surface area is 202 Å². The highest BCUT2D eigenvalue weighted by molar-refractivity contribution is 6.26. The predicted molar refractivity (Wildman–Crippen MR) is 128 cm³/mol. The molecule has 0 atom stereocenters. The van der Waals surface area contributed by atoms with Crippen LogP contribution in [0.15, 0.2) is 48.6 Å². The molecule has 1 aliphatic rings. The minimum Gasteiger partial charge on any atom is -0.489 e. The number of ether oxygens (including phenoxy) is 4. The molecule has 0 bridgehead atoms. The monoisotopic (exact) mass is 481 g/mol. The van der Waals surface area contributed by atoms with Gasteiger partial charge in [-0.3, -0.25) is 14.5 Å². The molecule has 0 N–H and O–H groups in total. The molecule has 9 nitrogen and oxygen atoms in total. The second kappa shape index (κ2) is 10.9. The van der Waals surface area contributed by atoms with Gasteiger partial charge in [-0.05, 0) is 45.0 Å². The molecule has 0 saturated carbocycles. The van der Waals surface area contributed by atoms with E-state index in [-0.39, 0.29) is 44.1 Å². The maximum Gasteiger partial charge on any atom is 0.333 e. The minimum atomic E-state index is -0.533. The molecule has 9 heteroatoms. The number of hydrogen-bond donors (Lipinski definition) is 0. The second-order valence-electron chi connectivity index (χ2n) is 7.86. The van der Waals surface area contributed by atoms with Gasteiger partial charge in [0.25, 0.3) is 11.8 Å². The highest BCUT2D eigenvalue weighted by atomic mass is 16.6. The van der Waals surface area contributed by atoms with E-state index in [1.54, 1.807) is 45.0 Å². The quantitative estimate of drug-likeness (QED) is 0.208. The molecule has 3 rings (SSSR count). The molecule has 0 aliphatic carbocycles. The van der Waals surface area contributed by atoms with Crippen LogP contribution in [0.5, 0.6) is 11.5 Å². The molecule has 2 aromatic rings. The SMILES string of the molecule is C=C(C)C(=O)OCCOc1ccc2c3c(ccc(OCCOC(=O)C(=C)C)c13)C(=O)N(CC)C2=O. The van der Waals surface area contributed by atoms with Gasteiger partial charge in [-0.15, -0.1) is 0 Å². The highest BCUT2D eigenvalue weighted by Crippen LogP contribution is 2.41. The summed E-state index contributed by atoms with van der Waals surface area (Å²) in [5.41, 5.74) is 1.23. The Balaban J connectivity index is 1.93. The molecule has 35 heavy (non-hydrogen) atoms. The van der Waals surface area contributed by atoms with Gasteiger partial charge in [0.05, 0.1) is 5.39 Å². The van der Waals surface area contributed by atoms with Crippen LogP contribution in [-0.2, 0) is 19.1 Å². The Kier molecular flexibility index (Phi) is 7.91. The summed E-state index contributed by atoms with van der Waals surface area (Å²) >= 11 is 0. The fraction of sp³-hybridized carbons (Fsp3) is 0.308. The lowest BCUT2D eigenvalue weighted by Gasteiger charge is -2.27. The Morgan fingerprint density at radius 3 is 1.54 bits per heavy atom. The van der Waals surface area contributed by atoms with Crippen molar-refractivity contribution in [1.82, 2.24) is 4.90 Å². The fourth-order valence-electron chi connectivity index (χ4n) is 3.52. The first-order chi connectivity index (χ1) is 16.7.